The summed E-state index contributed by atoms with van der Waals surface area (Å²) >= 11 is 0. The van der Waals surface area contributed by atoms with Crippen molar-refractivity contribution in [3.05, 3.63) is 0 Å². The predicted molar refractivity (Wildman–Crippen MR) is 27.7 cm³/mol. The molecule has 7 heavy (non-hydrogen) atoms. The Kier molecular flexibility index (Phi) is 3.98. The molecule has 0 aliphatic carbocycles. The third-order valence-corrected chi connectivity index (χ3v) is 0.522. The van der Waals surface area contributed by atoms with Crippen molar-refractivity contribution in [1.29, 1.82) is 0 Å². The van der Waals surface area contributed by atoms with Crippen molar-refractivity contribution in [3.63, 3.8) is 0 Å². The van der Waals surface area contributed by atoms with Crippen LogP contribution in [0.15, 0.2) is 0 Å². The minimum Gasteiger partial charge on any atom is -0.377 e. The average molecular weight is 103 g/mol. The molecule has 3 nitrogen and oxygen atoms in total. The van der Waals surface area contributed by atoms with Crippen molar-refractivity contribution in [1.82, 2.24) is 5.32 Å². The molecule has 0 fully saturated rings. The zero-order valence-corrected chi connectivity index (χ0v) is 4.46. The van der Waals surface area contributed by atoms with Crippen LogP contribution < -0.4 is 11.1 Å². The summed E-state index contributed by atoms with van der Waals surface area (Å²) in [5.74, 6) is 0. The van der Waals surface area contributed by atoms with Gasteiger partial charge in [0, 0.05) is 13.1 Å². The maximum atomic E-state index is 8.46. The van der Waals surface area contributed by atoms with Gasteiger partial charge >= 0.3 is 0 Å². The molecule has 0 heterocycles. The summed E-state index contributed by atoms with van der Waals surface area (Å²) < 4.78 is 0. The van der Waals surface area contributed by atoms with Gasteiger partial charge in [0.2, 0.25) is 0 Å². The number of rotatable bonds is 3. The second-order valence-electron chi connectivity index (χ2n) is 1.33. The van der Waals surface area contributed by atoms with Gasteiger partial charge in [-0.2, -0.15) is 0 Å². The van der Waals surface area contributed by atoms with E-state index < -0.39 is 6.23 Å². The third-order valence-electron chi connectivity index (χ3n) is 0.522. The molecular formula is C4H11N2O. The Morgan fingerprint density at radius 3 is 2.57 bits per heavy atom. The van der Waals surface area contributed by atoms with Crippen LogP contribution in [0.4, 0.5) is 0 Å². The molecule has 1 unspecified atom stereocenters. The van der Waals surface area contributed by atoms with Gasteiger partial charge in [-0.1, -0.05) is 0 Å². The monoisotopic (exact) mass is 103 g/mol. The SMILES string of the molecule is CC(O)[N]CCN. The van der Waals surface area contributed by atoms with Crippen molar-refractivity contribution >= 4 is 0 Å². The molecule has 0 aromatic carbocycles. The van der Waals surface area contributed by atoms with Gasteiger partial charge in [0.25, 0.3) is 0 Å². The molecule has 0 spiro atoms. The zero-order valence-electron chi connectivity index (χ0n) is 4.46. The predicted octanol–water partition coefficient (Wildman–Crippen LogP) is -1.11. The fourth-order valence-electron chi connectivity index (χ4n) is 0.261. The highest BCUT2D eigenvalue weighted by atomic mass is 16.3. The first-order chi connectivity index (χ1) is 3.27. The van der Waals surface area contributed by atoms with Crippen LogP contribution in [0.3, 0.4) is 0 Å². The van der Waals surface area contributed by atoms with Gasteiger partial charge in [0.15, 0.2) is 0 Å². The smallest absolute Gasteiger partial charge is 0.117 e. The van der Waals surface area contributed by atoms with E-state index in [1.807, 2.05) is 0 Å². The topological polar surface area (TPSA) is 60.3 Å². The van der Waals surface area contributed by atoms with E-state index in [1.54, 1.807) is 6.92 Å². The lowest BCUT2D eigenvalue weighted by molar-refractivity contribution is 0.154. The van der Waals surface area contributed by atoms with Gasteiger partial charge in [-0.3, -0.25) is 0 Å². The Morgan fingerprint density at radius 2 is 2.43 bits per heavy atom. The molecule has 0 bridgehead atoms. The largest absolute Gasteiger partial charge is 0.377 e. The first kappa shape index (κ1) is 6.88. The van der Waals surface area contributed by atoms with E-state index in [9.17, 15) is 0 Å². The Balaban J connectivity index is 2.68. The molecule has 0 saturated heterocycles. The molecule has 43 valence electrons. The lowest BCUT2D eigenvalue weighted by Crippen LogP contribution is -2.23. The second-order valence-corrected chi connectivity index (χ2v) is 1.33. The molecule has 0 saturated carbocycles. The third kappa shape index (κ3) is 5.88. The Labute approximate surface area is 43.5 Å². The molecule has 0 aliphatic heterocycles. The Hall–Kier alpha value is -0.120. The molecular weight excluding hydrogens is 92.1 g/mol. The average Bonchev–Trinajstić information content (AvgIpc) is 1.61. The zero-order chi connectivity index (χ0) is 5.70. The number of nitrogens with two attached hydrogens (primary N) is 1. The van der Waals surface area contributed by atoms with E-state index >= 15 is 0 Å². The maximum Gasteiger partial charge on any atom is 0.117 e. The summed E-state index contributed by atoms with van der Waals surface area (Å²) in [6, 6.07) is 0. The van der Waals surface area contributed by atoms with Gasteiger partial charge in [-0.25, -0.2) is 5.32 Å². The number of aliphatic hydroxyl groups is 1. The summed E-state index contributed by atoms with van der Waals surface area (Å²) in [7, 11) is 0. The van der Waals surface area contributed by atoms with Gasteiger partial charge < -0.3 is 10.8 Å². The molecule has 0 amide bonds. The van der Waals surface area contributed by atoms with E-state index in [4.69, 9.17) is 10.8 Å². The van der Waals surface area contributed by atoms with E-state index in [1.165, 1.54) is 0 Å². The summed E-state index contributed by atoms with van der Waals surface area (Å²) in [5, 5.41) is 12.1. The molecule has 3 heteroatoms. The molecule has 0 rings (SSSR count). The molecule has 0 aromatic rings. The minimum absolute atomic E-state index is 0.519. The lowest BCUT2D eigenvalue weighted by Gasteiger charge is -1.99. The Bertz CT molecular complexity index is 38.7. The first-order valence-electron chi connectivity index (χ1n) is 2.32. The highest BCUT2D eigenvalue weighted by Gasteiger charge is 1.89. The standard InChI is InChI=1S/C4H11N2O/c1-4(7)6-3-2-5/h4,7H,2-3,5H2,1H3. The lowest BCUT2D eigenvalue weighted by atomic mass is 10.6. The number of nitrogens with zero attached hydrogens (tertiary/aromatic N) is 1. The van der Waals surface area contributed by atoms with E-state index in [0.717, 1.165) is 0 Å². The summed E-state index contributed by atoms with van der Waals surface area (Å²) in [5.41, 5.74) is 5.07. The summed E-state index contributed by atoms with van der Waals surface area (Å²) in [6.07, 6.45) is -0.552. The molecule has 1 radical (unpaired) electrons. The van der Waals surface area contributed by atoms with Crippen LogP contribution in [0.5, 0.6) is 0 Å². The Morgan fingerprint density at radius 1 is 1.86 bits per heavy atom. The highest BCUT2D eigenvalue weighted by molar-refractivity contribution is 4.43. The summed E-state index contributed by atoms with van der Waals surface area (Å²) in [4.78, 5) is 0. The van der Waals surface area contributed by atoms with E-state index in [-0.39, 0.29) is 0 Å². The number of hydrogen-bond donors (Lipinski definition) is 2. The van der Waals surface area contributed by atoms with Crippen LogP contribution in [-0.4, -0.2) is 24.4 Å². The van der Waals surface area contributed by atoms with Crippen molar-refractivity contribution in [2.45, 2.75) is 13.2 Å². The van der Waals surface area contributed by atoms with Crippen LogP contribution in [0.1, 0.15) is 6.92 Å². The van der Waals surface area contributed by atoms with Crippen molar-refractivity contribution in [3.8, 4) is 0 Å². The van der Waals surface area contributed by atoms with Crippen LogP contribution in [0.25, 0.3) is 0 Å². The quantitative estimate of drug-likeness (QED) is 0.475. The molecule has 1 atom stereocenters. The fourth-order valence-corrected chi connectivity index (χ4v) is 0.261. The highest BCUT2D eigenvalue weighted by Crippen LogP contribution is 1.69. The van der Waals surface area contributed by atoms with Gasteiger partial charge in [0.1, 0.15) is 6.23 Å². The maximum absolute atomic E-state index is 8.46. The van der Waals surface area contributed by atoms with Gasteiger partial charge in [0.05, 0.1) is 0 Å². The number of aliphatic hydroxyl groups excluding tert-OH is 1. The van der Waals surface area contributed by atoms with Crippen molar-refractivity contribution < 1.29 is 5.11 Å². The normalized spacial score (nSPS) is 14.1. The minimum atomic E-state index is -0.552. The van der Waals surface area contributed by atoms with E-state index in [0.29, 0.717) is 13.1 Å². The van der Waals surface area contributed by atoms with Gasteiger partial charge in [-0.15, -0.1) is 0 Å². The van der Waals surface area contributed by atoms with Crippen LogP contribution in [0, 0.1) is 0 Å². The molecule has 0 aromatic heterocycles. The van der Waals surface area contributed by atoms with Gasteiger partial charge in [-0.05, 0) is 6.92 Å². The van der Waals surface area contributed by atoms with Crippen LogP contribution in [0.2, 0.25) is 0 Å². The van der Waals surface area contributed by atoms with Crippen LogP contribution >= 0.6 is 0 Å². The van der Waals surface area contributed by atoms with Crippen LogP contribution in [-0.2, 0) is 0 Å². The van der Waals surface area contributed by atoms with Crippen molar-refractivity contribution in [2.75, 3.05) is 13.1 Å². The fraction of sp³-hybridized carbons (Fsp3) is 1.00. The second kappa shape index (κ2) is 4.05. The first-order valence-corrected chi connectivity index (χ1v) is 2.32. The molecule has 0 aliphatic rings. The van der Waals surface area contributed by atoms with E-state index in [2.05, 4.69) is 5.32 Å². The molecule has 3 N–H and O–H groups in total. The van der Waals surface area contributed by atoms with Crippen molar-refractivity contribution in [2.24, 2.45) is 5.73 Å². The summed E-state index contributed by atoms with van der Waals surface area (Å²) in [6.45, 7) is 2.68. The number of hydrogen-bond acceptors (Lipinski definition) is 2.